The molecule has 0 amide bonds. The van der Waals surface area contributed by atoms with Gasteiger partial charge in [0.25, 0.3) is 0 Å². The van der Waals surface area contributed by atoms with Crippen LogP contribution in [0, 0.1) is 0 Å². The number of carbonyl (C=O) groups excluding carboxylic acids is 1. The second-order valence-electron chi connectivity index (χ2n) is 3.65. The van der Waals surface area contributed by atoms with Gasteiger partial charge in [0, 0.05) is 5.56 Å². The van der Waals surface area contributed by atoms with Crippen molar-refractivity contribution in [2.45, 2.75) is 13.0 Å². The van der Waals surface area contributed by atoms with Crippen LogP contribution >= 0.6 is 11.6 Å². The zero-order valence-corrected chi connectivity index (χ0v) is 10.6. The Morgan fingerprint density at radius 2 is 2.22 bits per heavy atom. The molecule has 0 radical (unpaired) electrons. The summed E-state index contributed by atoms with van der Waals surface area (Å²) in [4.78, 5) is 11.5. The van der Waals surface area contributed by atoms with Gasteiger partial charge in [-0.15, -0.1) is 0 Å². The number of ether oxygens (including phenoxy) is 3. The Bertz CT molecular complexity index is 460. The van der Waals surface area contributed by atoms with E-state index in [9.17, 15) is 9.90 Å². The lowest BCUT2D eigenvalue weighted by Crippen LogP contribution is -2.19. The van der Waals surface area contributed by atoms with E-state index in [4.69, 9.17) is 25.8 Å². The summed E-state index contributed by atoms with van der Waals surface area (Å²) in [6, 6.07) is 3.13. The lowest BCUT2D eigenvalue weighted by atomic mass is 10.1. The highest BCUT2D eigenvalue weighted by Crippen LogP contribution is 2.41. The first-order valence-corrected chi connectivity index (χ1v) is 5.95. The van der Waals surface area contributed by atoms with Gasteiger partial charge in [-0.25, -0.2) is 4.79 Å². The van der Waals surface area contributed by atoms with Crippen LogP contribution in [0.15, 0.2) is 12.1 Å². The fraction of sp³-hybridized carbons (Fsp3) is 0.417. The summed E-state index contributed by atoms with van der Waals surface area (Å²) in [5.41, 5.74) is 0.249. The molecule has 0 spiro atoms. The van der Waals surface area contributed by atoms with Gasteiger partial charge in [-0.05, 0) is 13.0 Å². The number of carbonyl (C=O) groups is 1. The zero-order chi connectivity index (χ0) is 13.1. The van der Waals surface area contributed by atoms with Gasteiger partial charge in [-0.1, -0.05) is 17.7 Å². The van der Waals surface area contributed by atoms with Gasteiger partial charge in [0.05, 0.1) is 11.6 Å². The standard InChI is InChI=1S/C12H13ClO5/c1-2-16-12(15)10(14)7-3-4-8-11(9(7)13)18-6-5-17-8/h3-4,10,14H,2,5-6H2,1H3. The molecule has 6 heteroatoms. The summed E-state index contributed by atoms with van der Waals surface area (Å²) in [5.74, 6) is 0.117. The number of hydrogen-bond donors (Lipinski definition) is 1. The van der Waals surface area contributed by atoms with E-state index in [0.717, 1.165) is 0 Å². The average molecular weight is 273 g/mol. The van der Waals surface area contributed by atoms with Crippen molar-refractivity contribution in [2.75, 3.05) is 19.8 Å². The zero-order valence-electron chi connectivity index (χ0n) is 9.81. The molecule has 0 fully saturated rings. The van der Waals surface area contributed by atoms with Crippen LogP contribution < -0.4 is 9.47 Å². The number of hydrogen-bond acceptors (Lipinski definition) is 5. The van der Waals surface area contributed by atoms with Gasteiger partial charge in [-0.3, -0.25) is 0 Å². The van der Waals surface area contributed by atoms with Crippen LogP contribution in [0.3, 0.4) is 0 Å². The number of esters is 1. The van der Waals surface area contributed by atoms with Crippen molar-refractivity contribution in [1.29, 1.82) is 0 Å². The highest BCUT2D eigenvalue weighted by atomic mass is 35.5. The topological polar surface area (TPSA) is 65.0 Å². The molecular formula is C12H13ClO5. The maximum absolute atomic E-state index is 11.5. The van der Waals surface area contributed by atoms with Gasteiger partial charge in [0.2, 0.25) is 0 Å². The summed E-state index contributed by atoms with van der Waals surface area (Å²) >= 11 is 6.09. The third kappa shape index (κ3) is 2.37. The molecule has 0 aromatic heterocycles. The average Bonchev–Trinajstić information content (AvgIpc) is 2.39. The Balaban J connectivity index is 2.31. The molecule has 1 aliphatic heterocycles. The van der Waals surface area contributed by atoms with Crippen molar-refractivity contribution >= 4 is 17.6 Å². The molecular weight excluding hydrogens is 260 g/mol. The molecule has 98 valence electrons. The van der Waals surface area contributed by atoms with Crippen LogP contribution in [0.4, 0.5) is 0 Å². The van der Waals surface area contributed by atoms with E-state index < -0.39 is 12.1 Å². The fourth-order valence-electron chi connectivity index (χ4n) is 1.66. The molecule has 1 aromatic rings. The molecule has 1 aromatic carbocycles. The Kier molecular flexibility index (Phi) is 3.93. The molecule has 1 N–H and O–H groups in total. The maximum atomic E-state index is 11.5. The number of aliphatic hydroxyl groups excluding tert-OH is 1. The molecule has 18 heavy (non-hydrogen) atoms. The summed E-state index contributed by atoms with van der Waals surface area (Å²) in [6.45, 7) is 2.68. The van der Waals surface area contributed by atoms with E-state index in [0.29, 0.717) is 24.7 Å². The molecule has 0 saturated carbocycles. The molecule has 0 aliphatic carbocycles. The second-order valence-corrected chi connectivity index (χ2v) is 4.03. The molecule has 5 nitrogen and oxygen atoms in total. The summed E-state index contributed by atoms with van der Waals surface area (Å²) in [5, 5.41) is 10.0. The lowest BCUT2D eigenvalue weighted by molar-refractivity contribution is -0.153. The van der Waals surface area contributed by atoms with E-state index in [-0.39, 0.29) is 17.2 Å². The Hall–Kier alpha value is -1.46. The smallest absolute Gasteiger partial charge is 0.339 e. The van der Waals surface area contributed by atoms with Gasteiger partial charge >= 0.3 is 5.97 Å². The molecule has 1 atom stereocenters. The summed E-state index contributed by atoms with van der Waals surface area (Å²) in [6.07, 6.45) is -1.42. The number of aliphatic hydroxyl groups is 1. The fourth-order valence-corrected chi connectivity index (χ4v) is 1.97. The van der Waals surface area contributed by atoms with Crippen LogP contribution in [0.5, 0.6) is 11.5 Å². The molecule has 1 heterocycles. The molecule has 0 saturated heterocycles. The normalized spacial score (nSPS) is 15.1. The van der Waals surface area contributed by atoms with Crippen LogP contribution in [0.1, 0.15) is 18.6 Å². The molecule has 1 aliphatic rings. The van der Waals surface area contributed by atoms with Crippen molar-refractivity contribution < 1.29 is 24.1 Å². The third-order valence-corrected chi connectivity index (χ3v) is 2.87. The third-order valence-electron chi connectivity index (χ3n) is 2.48. The van der Waals surface area contributed by atoms with E-state index in [1.807, 2.05) is 0 Å². The second kappa shape index (κ2) is 5.46. The van der Waals surface area contributed by atoms with E-state index in [1.165, 1.54) is 6.07 Å². The van der Waals surface area contributed by atoms with Gasteiger partial charge in [-0.2, -0.15) is 0 Å². The van der Waals surface area contributed by atoms with Crippen molar-refractivity contribution in [3.8, 4) is 11.5 Å². The Labute approximate surface area is 109 Å². The Morgan fingerprint density at radius 1 is 1.50 bits per heavy atom. The van der Waals surface area contributed by atoms with Crippen molar-refractivity contribution in [1.82, 2.24) is 0 Å². The minimum Gasteiger partial charge on any atom is -0.486 e. The van der Waals surface area contributed by atoms with Gasteiger partial charge < -0.3 is 19.3 Å². The monoisotopic (exact) mass is 272 g/mol. The SMILES string of the molecule is CCOC(=O)C(O)c1ccc2c(c1Cl)OCCO2. The van der Waals surface area contributed by atoms with Crippen LogP contribution in [-0.2, 0) is 9.53 Å². The maximum Gasteiger partial charge on any atom is 0.339 e. The van der Waals surface area contributed by atoms with Crippen molar-refractivity contribution in [3.63, 3.8) is 0 Å². The first kappa shape index (κ1) is 13.0. The van der Waals surface area contributed by atoms with E-state index >= 15 is 0 Å². The lowest BCUT2D eigenvalue weighted by Gasteiger charge is -2.21. The summed E-state index contributed by atoms with van der Waals surface area (Å²) in [7, 11) is 0. The first-order valence-electron chi connectivity index (χ1n) is 5.57. The highest BCUT2D eigenvalue weighted by molar-refractivity contribution is 6.33. The predicted octanol–water partition coefficient (Wildman–Crippen LogP) is 1.71. The highest BCUT2D eigenvalue weighted by Gasteiger charge is 2.26. The summed E-state index contributed by atoms with van der Waals surface area (Å²) < 4.78 is 15.4. The molecule has 2 rings (SSSR count). The van der Waals surface area contributed by atoms with E-state index in [2.05, 4.69) is 0 Å². The minimum atomic E-state index is -1.42. The number of benzene rings is 1. The molecule has 1 unspecified atom stereocenters. The van der Waals surface area contributed by atoms with Gasteiger partial charge in [0.15, 0.2) is 17.6 Å². The Morgan fingerprint density at radius 3 is 2.94 bits per heavy atom. The largest absolute Gasteiger partial charge is 0.486 e. The van der Waals surface area contributed by atoms with E-state index in [1.54, 1.807) is 13.0 Å². The number of rotatable bonds is 3. The number of fused-ring (bicyclic) bond motifs is 1. The molecule has 0 bridgehead atoms. The van der Waals surface area contributed by atoms with Crippen molar-refractivity contribution in [3.05, 3.63) is 22.7 Å². The van der Waals surface area contributed by atoms with Crippen LogP contribution in [-0.4, -0.2) is 30.9 Å². The first-order chi connectivity index (χ1) is 8.65. The predicted molar refractivity (Wildman–Crippen MR) is 64.0 cm³/mol. The van der Waals surface area contributed by atoms with Crippen LogP contribution in [0.25, 0.3) is 0 Å². The van der Waals surface area contributed by atoms with Gasteiger partial charge in [0.1, 0.15) is 13.2 Å². The quantitative estimate of drug-likeness (QED) is 0.849. The minimum absolute atomic E-state index is 0.174. The number of halogens is 1. The van der Waals surface area contributed by atoms with Crippen molar-refractivity contribution in [2.24, 2.45) is 0 Å². The van der Waals surface area contributed by atoms with Crippen LogP contribution in [0.2, 0.25) is 5.02 Å².